The van der Waals surface area contributed by atoms with Gasteiger partial charge in [0, 0.05) is 0 Å². The lowest BCUT2D eigenvalue weighted by atomic mass is 10.1. The third-order valence-corrected chi connectivity index (χ3v) is 6.48. The van der Waals surface area contributed by atoms with E-state index in [1.807, 2.05) is 0 Å². The molecule has 0 saturated carbocycles. The number of hydrogen-bond donors (Lipinski definition) is 0. The Morgan fingerprint density at radius 3 is 1.74 bits per heavy atom. The van der Waals surface area contributed by atoms with Crippen LogP contribution in [0.25, 0.3) is 0 Å². The van der Waals surface area contributed by atoms with Crippen LogP contribution in [0.5, 0.6) is 0 Å². The molecule has 0 nitrogen and oxygen atoms in total. The van der Waals surface area contributed by atoms with Crippen molar-refractivity contribution in [3.8, 4) is 0 Å². The first-order chi connectivity index (χ1) is 11.3. The maximum absolute atomic E-state index is 2.32. The average Bonchev–Trinajstić information content (AvgIpc) is 2.60. The first kappa shape index (κ1) is 16.0. The lowest BCUT2D eigenvalue weighted by Crippen LogP contribution is -2.20. The highest BCUT2D eigenvalue weighted by molar-refractivity contribution is 7.79. The summed E-state index contributed by atoms with van der Waals surface area (Å²) in [6.45, 7) is 4.38. The molecule has 0 heterocycles. The van der Waals surface area contributed by atoms with Crippen LogP contribution in [0.1, 0.15) is 24.5 Å². The van der Waals surface area contributed by atoms with Gasteiger partial charge in [0.15, 0.2) is 0 Å². The molecular weight excluding hydrogens is 295 g/mol. The van der Waals surface area contributed by atoms with Gasteiger partial charge in [0.2, 0.25) is 0 Å². The zero-order valence-corrected chi connectivity index (χ0v) is 14.8. The average molecular weight is 318 g/mol. The first-order valence-corrected chi connectivity index (χ1v) is 9.63. The Kier molecular flexibility index (Phi) is 5.26. The van der Waals surface area contributed by atoms with Gasteiger partial charge in [-0.15, -0.1) is 0 Å². The minimum atomic E-state index is -0.480. The highest BCUT2D eigenvalue weighted by Gasteiger charge is 2.15. The van der Waals surface area contributed by atoms with E-state index in [-0.39, 0.29) is 0 Å². The van der Waals surface area contributed by atoms with E-state index in [1.54, 1.807) is 0 Å². The van der Waals surface area contributed by atoms with E-state index in [4.69, 9.17) is 0 Å². The summed E-state index contributed by atoms with van der Waals surface area (Å²) in [7, 11) is -0.480. The van der Waals surface area contributed by atoms with Crippen LogP contribution in [0.4, 0.5) is 0 Å². The van der Waals surface area contributed by atoms with Gasteiger partial charge in [0.05, 0.1) is 0 Å². The molecule has 1 unspecified atom stereocenters. The topological polar surface area (TPSA) is 0 Å². The minimum absolute atomic E-state index is 0.480. The Bertz CT molecular complexity index is 727. The highest BCUT2D eigenvalue weighted by Crippen LogP contribution is 2.32. The molecule has 116 valence electrons. The predicted octanol–water partition coefficient (Wildman–Crippen LogP) is 4.71. The van der Waals surface area contributed by atoms with Crippen LogP contribution in [-0.2, 0) is 6.42 Å². The van der Waals surface area contributed by atoms with Crippen LogP contribution in [0, 0.1) is 6.92 Å². The normalized spacial score (nSPS) is 12.1. The third kappa shape index (κ3) is 3.89. The number of rotatable bonds is 5. The molecule has 0 bridgehead atoms. The molecule has 0 saturated heterocycles. The fraction of sp³-hybridized carbons (Fsp3) is 0.182. The minimum Gasteiger partial charge on any atom is -0.0651 e. The van der Waals surface area contributed by atoms with Crippen LogP contribution < -0.4 is 15.9 Å². The van der Waals surface area contributed by atoms with E-state index < -0.39 is 7.92 Å². The Labute approximate surface area is 141 Å². The Balaban J connectivity index is 2.03. The molecule has 3 aromatic rings. The summed E-state index contributed by atoms with van der Waals surface area (Å²) < 4.78 is 0. The van der Waals surface area contributed by atoms with E-state index in [1.165, 1.54) is 33.5 Å². The fourth-order valence-electron chi connectivity index (χ4n) is 2.82. The van der Waals surface area contributed by atoms with E-state index in [0.717, 1.165) is 6.42 Å². The van der Waals surface area contributed by atoms with Crippen molar-refractivity contribution in [1.29, 1.82) is 0 Å². The first-order valence-electron chi connectivity index (χ1n) is 8.28. The number of benzene rings is 3. The third-order valence-electron chi connectivity index (χ3n) is 4.04. The monoisotopic (exact) mass is 318 g/mol. The molecule has 3 rings (SSSR count). The molecule has 0 aromatic heterocycles. The molecule has 0 fully saturated rings. The van der Waals surface area contributed by atoms with Gasteiger partial charge in [0.25, 0.3) is 0 Å². The molecule has 0 spiro atoms. The summed E-state index contributed by atoms with van der Waals surface area (Å²) in [4.78, 5) is 0. The maximum Gasteiger partial charge on any atom is -0.0134 e. The molecule has 1 atom stereocenters. The zero-order chi connectivity index (χ0) is 16.1. The highest BCUT2D eigenvalue weighted by atomic mass is 31.1. The largest absolute Gasteiger partial charge is 0.0651 e. The van der Waals surface area contributed by atoms with Gasteiger partial charge < -0.3 is 0 Å². The van der Waals surface area contributed by atoms with Crippen molar-refractivity contribution in [2.75, 3.05) is 0 Å². The molecule has 3 aromatic carbocycles. The smallest absolute Gasteiger partial charge is 0.0134 e. The number of aryl methyl sites for hydroxylation is 2. The molecule has 0 radical (unpaired) electrons. The van der Waals surface area contributed by atoms with Crippen LogP contribution in [-0.4, -0.2) is 0 Å². The summed E-state index contributed by atoms with van der Waals surface area (Å²) in [5.41, 5.74) is 2.75. The standard InChI is InChI=1S/C22H23P/c1-3-7-19-12-16-22(17-13-19)23(20-8-5-4-6-9-20)21-14-10-18(2)11-15-21/h4-6,8-17H,3,7H2,1-2H3. The lowest BCUT2D eigenvalue weighted by molar-refractivity contribution is 0.922. The molecule has 0 aliphatic heterocycles. The van der Waals surface area contributed by atoms with Gasteiger partial charge in [-0.1, -0.05) is 97.8 Å². The van der Waals surface area contributed by atoms with Crippen molar-refractivity contribution >= 4 is 23.8 Å². The van der Waals surface area contributed by atoms with Gasteiger partial charge in [-0.05, 0) is 42.7 Å². The predicted molar refractivity (Wildman–Crippen MR) is 104 cm³/mol. The molecule has 0 aliphatic carbocycles. The van der Waals surface area contributed by atoms with Crippen LogP contribution in [0.2, 0.25) is 0 Å². The van der Waals surface area contributed by atoms with Gasteiger partial charge in [-0.3, -0.25) is 0 Å². The van der Waals surface area contributed by atoms with Crippen molar-refractivity contribution in [3.63, 3.8) is 0 Å². The molecule has 0 N–H and O–H groups in total. The van der Waals surface area contributed by atoms with Crippen molar-refractivity contribution in [2.24, 2.45) is 0 Å². The Morgan fingerprint density at radius 2 is 1.17 bits per heavy atom. The van der Waals surface area contributed by atoms with Crippen LogP contribution in [0.15, 0.2) is 78.9 Å². The Hall–Kier alpha value is -1.91. The van der Waals surface area contributed by atoms with Gasteiger partial charge in [-0.25, -0.2) is 0 Å². The summed E-state index contributed by atoms with van der Waals surface area (Å²) in [6, 6.07) is 29.1. The summed E-state index contributed by atoms with van der Waals surface area (Å²) in [5, 5.41) is 4.25. The second kappa shape index (κ2) is 7.57. The molecule has 0 amide bonds. The van der Waals surface area contributed by atoms with Crippen molar-refractivity contribution in [2.45, 2.75) is 26.7 Å². The second-order valence-corrected chi connectivity index (χ2v) is 8.14. The molecular formula is C22H23P. The van der Waals surface area contributed by atoms with Gasteiger partial charge in [0.1, 0.15) is 0 Å². The molecule has 0 aliphatic rings. The van der Waals surface area contributed by atoms with Gasteiger partial charge >= 0.3 is 0 Å². The Morgan fingerprint density at radius 1 is 0.652 bits per heavy atom. The van der Waals surface area contributed by atoms with E-state index in [2.05, 4.69) is 92.7 Å². The summed E-state index contributed by atoms with van der Waals surface area (Å²) in [5.74, 6) is 0. The van der Waals surface area contributed by atoms with Crippen LogP contribution >= 0.6 is 7.92 Å². The van der Waals surface area contributed by atoms with Gasteiger partial charge in [-0.2, -0.15) is 0 Å². The number of hydrogen-bond acceptors (Lipinski definition) is 0. The fourth-order valence-corrected chi connectivity index (χ4v) is 5.08. The SMILES string of the molecule is CCCc1ccc(P(c2ccccc2)c2ccc(C)cc2)cc1. The molecule has 1 heteroatoms. The second-order valence-electron chi connectivity index (χ2n) is 5.92. The summed E-state index contributed by atoms with van der Waals surface area (Å²) >= 11 is 0. The summed E-state index contributed by atoms with van der Waals surface area (Å²) in [6.07, 6.45) is 2.36. The van der Waals surface area contributed by atoms with Crippen molar-refractivity contribution in [3.05, 3.63) is 90.0 Å². The van der Waals surface area contributed by atoms with Crippen molar-refractivity contribution in [1.82, 2.24) is 0 Å². The van der Waals surface area contributed by atoms with Crippen LogP contribution in [0.3, 0.4) is 0 Å². The quantitative estimate of drug-likeness (QED) is 0.598. The zero-order valence-electron chi connectivity index (χ0n) is 13.9. The van der Waals surface area contributed by atoms with E-state index in [0.29, 0.717) is 0 Å². The van der Waals surface area contributed by atoms with E-state index in [9.17, 15) is 0 Å². The van der Waals surface area contributed by atoms with Crippen molar-refractivity contribution < 1.29 is 0 Å². The van der Waals surface area contributed by atoms with E-state index >= 15 is 0 Å². The lowest BCUT2D eigenvalue weighted by Gasteiger charge is -2.20. The maximum atomic E-state index is 2.32. The molecule has 23 heavy (non-hydrogen) atoms.